The summed E-state index contributed by atoms with van der Waals surface area (Å²) in [5, 5.41) is 12.6. The van der Waals surface area contributed by atoms with Gasteiger partial charge < -0.3 is 9.52 Å². The molecule has 2 rings (SSSR count). The van der Waals surface area contributed by atoms with Crippen molar-refractivity contribution >= 4 is 12.3 Å². The summed E-state index contributed by atoms with van der Waals surface area (Å²) in [6, 6.07) is 3.03. The van der Waals surface area contributed by atoms with Crippen molar-refractivity contribution in [2.24, 2.45) is 0 Å². The lowest BCUT2D eigenvalue weighted by molar-refractivity contribution is 0.0689. The van der Waals surface area contributed by atoms with Crippen molar-refractivity contribution in [3.8, 4) is 5.88 Å². The van der Waals surface area contributed by atoms with Crippen molar-refractivity contribution in [3.05, 3.63) is 35.3 Å². The van der Waals surface area contributed by atoms with Crippen molar-refractivity contribution in [2.75, 3.05) is 0 Å². The van der Waals surface area contributed by atoms with Crippen LogP contribution in [-0.4, -0.2) is 27.1 Å². The molecule has 0 amide bonds. The standard InChI is InChI=1S/C10H8N2O4/c1-6-4-12(11-9(6)10(14)15)8-3-2-7(5-13)16-8/h2-5H,1H3,(H,14,15). The molecule has 82 valence electrons. The summed E-state index contributed by atoms with van der Waals surface area (Å²) in [6.07, 6.45) is 2.09. The van der Waals surface area contributed by atoms with E-state index in [-0.39, 0.29) is 11.5 Å². The lowest BCUT2D eigenvalue weighted by Gasteiger charge is -1.93. The molecule has 2 aromatic rings. The minimum Gasteiger partial charge on any atom is -0.476 e. The maximum Gasteiger partial charge on any atom is 0.356 e. The van der Waals surface area contributed by atoms with Crippen molar-refractivity contribution in [1.29, 1.82) is 0 Å². The van der Waals surface area contributed by atoms with E-state index >= 15 is 0 Å². The van der Waals surface area contributed by atoms with Gasteiger partial charge >= 0.3 is 5.97 Å². The van der Waals surface area contributed by atoms with Crippen LogP contribution >= 0.6 is 0 Å². The highest BCUT2D eigenvalue weighted by Gasteiger charge is 2.14. The number of carbonyl (C=O) groups excluding carboxylic acids is 1. The zero-order valence-electron chi connectivity index (χ0n) is 8.38. The predicted molar refractivity (Wildman–Crippen MR) is 52.9 cm³/mol. The van der Waals surface area contributed by atoms with Gasteiger partial charge in [-0.15, -0.1) is 0 Å². The van der Waals surface area contributed by atoms with Gasteiger partial charge in [-0.25, -0.2) is 9.48 Å². The maximum atomic E-state index is 10.8. The first-order chi connectivity index (χ1) is 7.61. The summed E-state index contributed by atoms with van der Waals surface area (Å²) in [6.45, 7) is 1.64. The van der Waals surface area contributed by atoms with Crippen molar-refractivity contribution in [2.45, 2.75) is 6.92 Å². The van der Waals surface area contributed by atoms with Gasteiger partial charge in [0.1, 0.15) is 0 Å². The molecule has 6 heteroatoms. The van der Waals surface area contributed by atoms with Crippen molar-refractivity contribution in [3.63, 3.8) is 0 Å². The van der Waals surface area contributed by atoms with Gasteiger partial charge in [0.2, 0.25) is 5.88 Å². The molecule has 0 aromatic carbocycles. The normalized spacial score (nSPS) is 10.3. The third-order valence-electron chi connectivity index (χ3n) is 2.05. The molecule has 1 N–H and O–H groups in total. The lowest BCUT2D eigenvalue weighted by atomic mass is 10.3. The second-order valence-electron chi connectivity index (χ2n) is 3.20. The number of carboxylic acid groups (broad SMARTS) is 1. The molecule has 0 aliphatic rings. The largest absolute Gasteiger partial charge is 0.476 e. The molecule has 6 nitrogen and oxygen atoms in total. The number of aromatic carboxylic acids is 1. The summed E-state index contributed by atoms with van der Waals surface area (Å²) in [5.74, 6) is -0.629. The van der Waals surface area contributed by atoms with Crippen LogP contribution in [0.4, 0.5) is 0 Å². The molecular formula is C10H8N2O4. The molecule has 0 fully saturated rings. The molecule has 16 heavy (non-hydrogen) atoms. The SMILES string of the molecule is Cc1cn(-c2ccc(C=O)o2)nc1C(=O)O. The van der Waals surface area contributed by atoms with Crippen LogP contribution in [0.15, 0.2) is 22.7 Å². The van der Waals surface area contributed by atoms with E-state index in [1.54, 1.807) is 13.0 Å². The first-order valence-corrected chi connectivity index (χ1v) is 4.47. The van der Waals surface area contributed by atoms with E-state index in [2.05, 4.69) is 5.10 Å². The molecule has 0 radical (unpaired) electrons. The van der Waals surface area contributed by atoms with Crippen LogP contribution in [0.2, 0.25) is 0 Å². The van der Waals surface area contributed by atoms with Crippen LogP contribution in [0.3, 0.4) is 0 Å². The number of rotatable bonds is 3. The Bertz CT molecular complexity index is 553. The third kappa shape index (κ3) is 1.60. The van der Waals surface area contributed by atoms with Gasteiger partial charge in [-0.2, -0.15) is 5.10 Å². The minimum absolute atomic E-state index is 0.0379. The molecule has 0 bridgehead atoms. The molecule has 0 spiro atoms. The van der Waals surface area contributed by atoms with E-state index in [0.29, 0.717) is 17.7 Å². The lowest BCUT2D eigenvalue weighted by Crippen LogP contribution is -2.01. The smallest absolute Gasteiger partial charge is 0.356 e. The van der Waals surface area contributed by atoms with Gasteiger partial charge in [-0.3, -0.25) is 4.79 Å². The number of furan rings is 1. The highest BCUT2D eigenvalue weighted by molar-refractivity contribution is 5.86. The van der Waals surface area contributed by atoms with Crippen LogP contribution < -0.4 is 0 Å². The fourth-order valence-corrected chi connectivity index (χ4v) is 1.31. The predicted octanol–water partition coefficient (Wildman–Crippen LogP) is 1.28. The van der Waals surface area contributed by atoms with E-state index in [1.165, 1.54) is 16.9 Å². The fourth-order valence-electron chi connectivity index (χ4n) is 1.31. The number of carbonyl (C=O) groups is 2. The van der Waals surface area contributed by atoms with Gasteiger partial charge in [-0.1, -0.05) is 0 Å². The number of hydrogen-bond donors (Lipinski definition) is 1. The molecule has 0 saturated heterocycles. The zero-order valence-corrected chi connectivity index (χ0v) is 8.38. The second-order valence-corrected chi connectivity index (χ2v) is 3.20. The van der Waals surface area contributed by atoms with E-state index < -0.39 is 5.97 Å². The van der Waals surface area contributed by atoms with Crippen molar-refractivity contribution < 1.29 is 19.1 Å². The number of aromatic nitrogens is 2. The van der Waals surface area contributed by atoms with Gasteiger partial charge in [0.15, 0.2) is 17.7 Å². The highest BCUT2D eigenvalue weighted by atomic mass is 16.4. The topological polar surface area (TPSA) is 85.3 Å². The van der Waals surface area contributed by atoms with Gasteiger partial charge in [0.05, 0.1) is 0 Å². The van der Waals surface area contributed by atoms with E-state index in [0.717, 1.165) is 0 Å². The quantitative estimate of drug-likeness (QED) is 0.787. The van der Waals surface area contributed by atoms with Gasteiger partial charge in [-0.05, 0) is 13.0 Å². The van der Waals surface area contributed by atoms with E-state index in [1.807, 2.05) is 0 Å². The van der Waals surface area contributed by atoms with E-state index in [4.69, 9.17) is 9.52 Å². The summed E-state index contributed by atoms with van der Waals surface area (Å²) < 4.78 is 6.39. The van der Waals surface area contributed by atoms with Gasteiger partial charge in [0.25, 0.3) is 0 Å². The zero-order chi connectivity index (χ0) is 11.7. The molecule has 0 unspecified atom stereocenters. The summed E-state index contributed by atoms with van der Waals surface area (Å²) >= 11 is 0. The molecular weight excluding hydrogens is 212 g/mol. The number of carboxylic acids is 1. The summed E-state index contributed by atoms with van der Waals surface area (Å²) in [7, 11) is 0. The van der Waals surface area contributed by atoms with Crippen LogP contribution in [0.25, 0.3) is 5.88 Å². The number of aldehydes is 1. The Morgan fingerprint density at radius 2 is 2.31 bits per heavy atom. The van der Waals surface area contributed by atoms with Crippen LogP contribution in [0.5, 0.6) is 0 Å². The number of hydrogen-bond acceptors (Lipinski definition) is 4. The van der Waals surface area contributed by atoms with Crippen LogP contribution in [0.1, 0.15) is 26.6 Å². The summed E-state index contributed by atoms with van der Waals surface area (Å²) in [4.78, 5) is 21.2. The molecule has 0 aliphatic carbocycles. The number of nitrogens with zero attached hydrogens (tertiary/aromatic N) is 2. The average molecular weight is 220 g/mol. The Balaban J connectivity index is 2.44. The number of aryl methyl sites for hydroxylation is 1. The Labute approximate surface area is 90.1 Å². The van der Waals surface area contributed by atoms with Crippen molar-refractivity contribution in [1.82, 2.24) is 9.78 Å². The molecule has 2 aromatic heterocycles. The second kappa shape index (κ2) is 3.65. The Kier molecular flexibility index (Phi) is 2.32. The maximum absolute atomic E-state index is 10.8. The van der Waals surface area contributed by atoms with Gasteiger partial charge in [0, 0.05) is 17.8 Å². The Morgan fingerprint density at radius 3 is 2.81 bits per heavy atom. The first kappa shape index (κ1) is 10.2. The minimum atomic E-state index is -1.10. The van der Waals surface area contributed by atoms with Crippen LogP contribution in [0, 0.1) is 6.92 Å². The summed E-state index contributed by atoms with van der Waals surface area (Å²) in [5.41, 5.74) is 0.487. The Morgan fingerprint density at radius 1 is 1.56 bits per heavy atom. The molecule has 0 atom stereocenters. The first-order valence-electron chi connectivity index (χ1n) is 4.47. The monoisotopic (exact) mass is 220 g/mol. The highest BCUT2D eigenvalue weighted by Crippen LogP contribution is 2.14. The van der Waals surface area contributed by atoms with E-state index in [9.17, 15) is 9.59 Å². The molecule has 0 saturated carbocycles. The Hall–Kier alpha value is -2.37. The fraction of sp³-hybridized carbons (Fsp3) is 0.100. The molecule has 2 heterocycles. The van der Waals surface area contributed by atoms with Crippen LogP contribution in [-0.2, 0) is 0 Å². The molecule has 0 aliphatic heterocycles. The third-order valence-corrected chi connectivity index (χ3v) is 2.05. The average Bonchev–Trinajstić information content (AvgIpc) is 2.83.